The van der Waals surface area contributed by atoms with Crippen LogP contribution < -0.4 is 19.5 Å². The van der Waals surface area contributed by atoms with Crippen LogP contribution in [0, 0.1) is 0 Å². The summed E-state index contributed by atoms with van der Waals surface area (Å²) in [6.07, 6.45) is 0.340. The second-order valence-electron chi connectivity index (χ2n) is 5.72. The third kappa shape index (κ3) is 3.37. The van der Waals surface area contributed by atoms with Gasteiger partial charge in [0.1, 0.15) is 5.75 Å². The molecule has 1 aliphatic rings. The summed E-state index contributed by atoms with van der Waals surface area (Å²) in [5.41, 5.74) is 2.65. The molecular formula is C19H20ClNO4. The average molecular weight is 362 g/mol. The number of halogens is 1. The van der Waals surface area contributed by atoms with Crippen LogP contribution in [0.5, 0.6) is 17.2 Å². The number of rotatable bonds is 5. The van der Waals surface area contributed by atoms with E-state index >= 15 is 0 Å². The summed E-state index contributed by atoms with van der Waals surface area (Å²) in [6.45, 7) is 2.45. The van der Waals surface area contributed by atoms with E-state index in [1.165, 1.54) is 0 Å². The molecule has 2 aromatic rings. The molecule has 0 radical (unpaired) electrons. The number of anilines is 1. The van der Waals surface area contributed by atoms with Crippen molar-refractivity contribution in [3.63, 3.8) is 0 Å². The summed E-state index contributed by atoms with van der Waals surface area (Å²) in [6, 6.07) is 9.34. The predicted octanol–water partition coefficient (Wildman–Crippen LogP) is 4.23. The Morgan fingerprint density at radius 3 is 2.48 bits per heavy atom. The van der Waals surface area contributed by atoms with Gasteiger partial charge in [-0.25, -0.2) is 0 Å². The Bertz CT molecular complexity index is 806. The van der Waals surface area contributed by atoms with Crippen LogP contribution in [0.4, 0.5) is 5.69 Å². The molecule has 3 rings (SSSR count). The van der Waals surface area contributed by atoms with Gasteiger partial charge in [-0.15, -0.1) is 0 Å². The summed E-state index contributed by atoms with van der Waals surface area (Å²) in [5, 5.41) is 3.43. The van der Waals surface area contributed by atoms with Crippen molar-refractivity contribution in [2.24, 2.45) is 0 Å². The van der Waals surface area contributed by atoms with Crippen LogP contribution in [0.1, 0.15) is 30.4 Å². The van der Waals surface area contributed by atoms with Crippen LogP contribution in [-0.4, -0.2) is 26.7 Å². The molecule has 1 amide bonds. The van der Waals surface area contributed by atoms with Crippen molar-refractivity contribution in [3.8, 4) is 17.2 Å². The highest BCUT2D eigenvalue weighted by atomic mass is 35.5. The zero-order chi connectivity index (χ0) is 18.0. The fourth-order valence-corrected chi connectivity index (χ4v) is 3.34. The number of fused-ring (bicyclic) bond motifs is 1. The fourth-order valence-electron chi connectivity index (χ4n) is 3.09. The van der Waals surface area contributed by atoms with Crippen LogP contribution in [0.25, 0.3) is 0 Å². The Labute approximate surface area is 151 Å². The van der Waals surface area contributed by atoms with Gasteiger partial charge in [0.25, 0.3) is 0 Å². The first-order chi connectivity index (χ1) is 12.1. The van der Waals surface area contributed by atoms with Crippen molar-refractivity contribution in [2.75, 3.05) is 26.1 Å². The molecule has 0 fully saturated rings. The third-order valence-electron chi connectivity index (χ3n) is 4.25. The number of hydrogen-bond donors (Lipinski definition) is 1. The molecule has 2 aromatic carbocycles. The molecule has 0 saturated carbocycles. The monoisotopic (exact) mass is 361 g/mol. The smallest absolute Gasteiger partial charge is 0.225 e. The topological polar surface area (TPSA) is 56.8 Å². The number of amides is 1. The summed E-state index contributed by atoms with van der Waals surface area (Å²) in [7, 11) is 3.16. The first-order valence-electron chi connectivity index (χ1n) is 8.05. The Morgan fingerprint density at radius 1 is 1.12 bits per heavy atom. The van der Waals surface area contributed by atoms with Gasteiger partial charge in [-0.1, -0.05) is 17.7 Å². The Morgan fingerprint density at radius 2 is 1.84 bits per heavy atom. The maximum atomic E-state index is 12.2. The number of carbonyl (C=O) groups excluding carboxylic acids is 1. The minimum atomic E-state index is -0.114. The Hall–Kier alpha value is -2.40. The zero-order valence-corrected chi connectivity index (χ0v) is 15.1. The summed E-state index contributed by atoms with van der Waals surface area (Å²) in [4.78, 5) is 12.2. The van der Waals surface area contributed by atoms with Gasteiger partial charge in [-0.05, 0) is 36.2 Å². The number of hydrogen-bond acceptors (Lipinski definition) is 4. The molecular weight excluding hydrogens is 342 g/mol. The van der Waals surface area contributed by atoms with Crippen molar-refractivity contribution < 1.29 is 19.0 Å². The van der Waals surface area contributed by atoms with E-state index in [1.807, 2.05) is 31.2 Å². The largest absolute Gasteiger partial charge is 0.493 e. The molecule has 25 heavy (non-hydrogen) atoms. The van der Waals surface area contributed by atoms with Gasteiger partial charge in [0, 0.05) is 24.1 Å². The molecule has 0 saturated heterocycles. The van der Waals surface area contributed by atoms with E-state index in [-0.39, 0.29) is 11.8 Å². The average Bonchev–Trinajstić information content (AvgIpc) is 2.61. The van der Waals surface area contributed by atoms with Crippen LogP contribution in [0.3, 0.4) is 0 Å². The lowest BCUT2D eigenvalue weighted by atomic mass is 9.84. The second-order valence-corrected chi connectivity index (χ2v) is 6.13. The second kappa shape index (κ2) is 7.23. The van der Waals surface area contributed by atoms with Crippen molar-refractivity contribution >= 4 is 23.2 Å². The summed E-state index contributed by atoms with van der Waals surface area (Å²) >= 11 is 6.33. The first-order valence-corrected chi connectivity index (χ1v) is 8.43. The van der Waals surface area contributed by atoms with Crippen LogP contribution in [-0.2, 0) is 4.79 Å². The van der Waals surface area contributed by atoms with E-state index in [2.05, 4.69) is 5.32 Å². The van der Waals surface area contributed by atoms with Crippen LogP contribution >= 0.6 is 11.6 Å². The van der Waals surface area contributed by atoms with Gasteiger partial charge in [0.05, 0.1) is 25.8 Å². The van der Waals surface area contributed by atoms with Gasteiger partial charge in [0.2, 0.25) is 5.91 Å². The number of ether oxygens (including phenoxy) is 3. The Kier molecular flexibility index (Phi) is 5.04. The number of carbonyl (C=O) groups is 1. The van der Waals surface area contributed by atoms with Crippen LogP contribution in [0.2, 0.25) is 5.02 Å². The highest BCUT2D eigenvalue weighted by molar-refractivity contribution is 6.32. The number of methoxy groups -OCH3 is 2. The van der Waals surface area contributed by atoms with Gasteiger partial charge in [-0.3, -0.25) is 4.79 Å². The standard InChI is InChI=1S/C19H20ClNO4/c1-4-25-16-6-5-11(7-14(16)20)12-9-19(22)21-15-10-18(24-3)17(23-2)8-13(12)15/h5-8,10,12H,4,9H2,1-3H3,(H,21,22)/t12-/m0/s1. The fraction of sp³-hybridized carbons (Fsp3) is 0.316. The van der Waals surface area contributed by atoms with Crippen molar-refractivity contribution in [1.82, 2.24) is 0 Å². The van der Waals surface area contributed by atoms with Crippen molar-refractivity contribution in [3.05, 3.63) is 46.5 Å². The highest BCUT2D eigenvalue weighted by Crippen LogP contribution is 2.44. The van der Waals surface area contributed by atoms with E-state index in [0.717, 1.165) is 16.8 Å². The normalized spacial score (nSPS) is 16.0. The Balaban J connectivity index is 2.07. The lowest BCUT2D eigenvalue weighted by molar-refractivity contribution is -0.116. The lowest BCUT2D eigenvalue weighted by Gasteiger charge is -2.27. The predicted molar refractivity (Wildman–Crippen MR) is 97.3 cm³/mol. The molecule has 1 N–H and O–H groups in total. The SMILES string of the molecule is CCOc1ccc([C@@H]2CC(=O)Nc3cc(OC)c(OC)cc32)cc1Cl. The van der Waals surface area contributed by atoms with Gasteiger partial charge >= 0.3 is 0 Å². The van der Waals surface area contributed by atoms with Crippen molar-refractivity contribution in [1.29, 1.82) is 0 Å². The molecule has 0 bridgehead atoms. The van der Waals surface area contributed by atoms with E-state index in [4.69, 9.17) is 25.8 Å². The lowest BCUT2D eigenvalue weighted by Crippen LogP contribution is -2.23. The third-order valence-corrected chi connectivity index (χ3v) is 4.55. The van der Waals surface area contributed by atoms with E-state index in [0.29, 0.717) is 35.3 Å². The summed E-state index contributed by atoms with van der Waals surface area (Å²) in [5.74, 6) is 1.68. The molecule has 1 heterocycles. The molecule has 6 heteroatoms. The van der Waals surface area contributed by atoms with E-state index in [9.17, 15) is 4.79 Å². The molecule has 132 valence electrons. The van der Waals surface area contributed by atoms with E-state index < -0.39 is 0 Å². The minimum absolute atomic E-state index is 0.0465. The molecule has 5 nitrogen and oxygen atoms in total. The number of benzene rings is 2. The molecule has 0 unspecified atom stereocenters. The maximum Gasteiger partial charge on any atom is 0.225 e. The quantitative estimate of drug-likeness (QED) is 0.865. The highest BCUT2D eigenvalue weighted by Gasteiger charge is 2.29. The maximum absolute atomic E-state index is 12.2. The first kappa shape index (κ1) is 17.4. The zero-order valence-electron chi connectivity index (χ0n) is 14.4. The van der Waals surface area contributed by atoms with Gasteiger partial charge < -0.3 is 19.5 Å². The van der Waals surface area contributed by atoms with Gasteiger partial charge in [-0.2, -0.15) is 0 Å². The molecule has 1 aliphatic heterocycles. The van der Waals surface area contributed by atoms with Crippen LogP contribution in [0.15, 0.2) is 30.3 Å². The van der Waals surface area contributed by atoms with Gasteiger partial charge in [0.15, 0.2) is 11.5 Å². The molecule has 0 spiro atoms. The van der Waals surface area contributed by atoms with E-state index in [1.54, 1.807) is 20.3 Å². The molecule has 0 aliphatic carbocycles. The number of nitrogens with one attached hydrogen (secondary N) is 1. The summed E-state index contributed by atoms with van der Waals surface area (Å²) < 4.78 is 16.2. The minimum Gasteiger partial charge on any atom is -0.493 e. The molecule has 0 aromatic heterocycles. The van der Waals surface area contributed by atoms with Crippen molar-refractivity contribution in [2.45, 2.75) is 19.3 Å². The molecule has 1 atom stereocenters.